The molecule has 0 bridgehead atoms. The normalized spacial score (nSPS) is 10.6. The van der Waals surface area contributed by atoms with Crippen LogP contribution in [0.5, 0.6) is 0 Å². The first-order valence-electron chi connectivity index (χ1n) is 4.78. The molecule has 1 aromatic heterocycles. The number of aromatic carboxylic acids is 1. The van der Waals surface area contributed by atoms with E-state index in [1.54, 1.807) is 12.3 Å². The highest BCUT2D eigenvalue weighted by Gasteiger charge is 2.14. The van der Waals surface area contributed by atoms with Crippen molar-refractivity contribution in [2.45, 2.75) is 33.1 Å². The van der Waals surface area contributed by atoms with Gasteiger partial charge in [-0.3, -0.25) is 4.98 Å². The third-order valence-electron chi connectivity index (χ3n) is 2.16. The molecular formula is C11H15NO2. The lowest BCUT2D eigenvalue weighted by Gasteiger charge is -2.09. The lowest BCUT2D eigenvalue weighted by molar-refractivity contribution is 0.0694. The third-order valence-corrected chi connectivity index (χ3v) is 2.16. The van der Waals surface area contributed by atoms with Crippen LogP contribution in [0.25, 0.3) is 0 Å². The monoisotopic (exact) mass is 193 g/mol. The Kier molecular flexibility index (Phi) is 3.23. The maximum Gasteiger partial charge on any atom is 0.337 e. The van der Waals surface area contributed by atoms with E-state index in [1.165, 1.54) is 0 Å². The first kappa shape index (κ1) is 10.7. The predicted molar refractivity (Wildman–Crippen MR) is 54.7 cm³/mol. The quantitative estimate of drug-likeness (QED) is 0.802. The van der Waals surface area contributed by atoms with Crippen molar-refractivity contribution in [3.63, 3.8) is 0 Å². The minimum absolute atomic E-state index is 0.145. The maximum atomic E-state index is 11.0. The van der Waals surface area contributed by atoms with Crippen LogP contribution in [0.2, 0.25) is 0 Å². The number of pyridine rings is 1. The molecule has 0 unspecified atom stereocenters. The van der Waals surface area contributed by atoms with Crippen molar-refractivity contribution in [2.75, 3.05) is 0 Å². The summed E-state index contributed by atoms with van der Waals surface area (Å²) in [6.07, 6.45) is 2.56. The first-order valence-corrected chi connectivity index (χ1v) is 4.78. The summed E-state index contributed by atoms with van der Waals surface area (Å²) in [5.74, 6) is -0.747. The number of rotatable bonds is 3. The highest BCUT2D eigenvalue weighted by molar-refractivity contribution is 5.89. The fourth-order valence-corrected chi connectivity index (χ4v) is 1.34. The van der Waals surface area contributed by atoms with Crippen LogP contribution in [0.1, 0.15) is 48.3 Å². The van der Waals surface area contributed by atoms with Gasteiger partial charge in [0.25, 0.3) is 0 Å². The zero-order chi connectivity index (χ0) is 10.7. The Bertz CT molecular complexity index is 345. The fraction of sp³-hybridized carbons (Fsp3) is 0.455. The van der Waals surface area contributed by atoms with Crippen LogP contribution >= 0.6 is 0 Å². The number of carbonyl (C=O) groups is 1. The Balaban J connectivity index is 3.24. The van der Waals surface area contributed by atoms with Crippen LogP contribution in [0.3, 0.4) is 0 Å². The molecular weight excluding hydrogens is 178 g/mol. The standard InChI is InChI=1S/C11H15NO2/c1-4-8-5-9(11(13)14)10(7(2)3)12-6-8/h5-7H,4H2,1-3H3,(H,13,14). The van der Waals surface area contributed by atoms with E-state index >= 15 is 0 Å². The second-order valence-corrected chi connectivity index (χ2v) is 3.59. The topological polar surface area (TPSA) is 50.2 Å². The van der Waals surface area contributed by atoms with Gasteiger partial charge in [-0.1, -0.05) is 20.8 Å². The Hall–Kier alpha value is -1.38. The molecule has 0 atom stereocenters. The van der Waals surface area contributed by atoms with E-state index in [1.807, 2.05) is 20.8 Å². The Morgan fingerprint density at radius 2 is 2.21 bits per heavy atom. The Morgan fingerprint density at radius 1 is 1.57 bits per heavy atom. The molecule has 76 valence electrons. The van der Waals surface area contributed by atoms with Gasteiger partial charge in [-0.15, -0.1) is 0 Å². The SMILES string of the molecule is CCc1cnc(C(C)C)c(C(=O)O)c1. The van der Waals surface area contributed by atoms with Crippen LogP contribution in [0.15, 0.2) is 12.3 Å². The summed E-state index contributed by atoms with van der Waals surface area (Å²) in [5, 5.41) is 8.99. The molecule has 1 heterocycles. The van der Waals surface area contributed by atoms with E-state index in [-0.39, 0.29) is 5.92 Å². The van der Waals surface area contributed by atoms with Gasteiger partial charge in [-0.2, -0.15) is 0 Å². The zero-order valence-electron chi connectivity index (χ0n) is 8.74. The van der Waals surface area contributed by atoms with E-state index in [0.717, 1.165) is 12.0 Å². The number of aryl methyl sites for hydroxylation is 1. The first-order chi connectivity index (χ1) is 6.56. The summed E-state index contributed by atoms with van der Waals surface area (Å²) >= 11 is 0. The smallest absolute Gasteiger partial charge is 0.337 e. The summed E-state index contributed by atoms with van der Waals surface area (Å²) < 4.78 is 0. The molecule has 0 fully saturated rings. The second-order valence-electron chi connectivity index (χ2n) is 3.59. The molecule has 3 heteroatoms. The zero-order valence-corrected chi connectivity index (χ0v) is 8.74. The maximum absolute atomic E-state index is 11.0. The summed E-state index contributed by atoms with van der Waals surface area (Å²) in [5.41, 5.74) is 1.96. The van der Waals surface area contributed by atoms with Crippen molar-refractivity contribution in [1.29, 1.82) is 0 Å². The van der Waals surface area contributed by atoms with E-state index < -0.39 is 5.97 Å². The summed E-state index contributed by atoms with van der Waals surface area (Å²) in [4.78, 5) is 15.1. The molecule has 1 rings (SSSR count). The second kappa shape index (κ2) is 4.22. The van der Waals surface area contributed by atoms with Crippen LogP contribution in [-0.2, 0) is 6.42 Å². The number of hydrogen-bond acceptors (Lipinski definition) is 2. The van der Waals surface area contributed by atoms with Crippen LogP contribution in [0.4, 0.5) is 0 Å². The minimum atomic E-state index is -0.892. The number of carboxylic acid groups (broad SMARTS) is 1. The fourth-order valence-electron chi connectivity index (χ4n) is 1.34. The molecule has 0 amide bonds. The van der Waals surface area contributed by atoms with Crippen LogP contribution in [0, 0.1) is 0 Å². The van der Waals surface area contributed by atoms with E-state index in [2.05, 4.69) is 4.98 Å². The van der Waals surface area contributed by atoms with Gasteiger partial charge in [0, 0.05) is 6.20 Å². The van der Waals surface area contributed by atoms with Gasteiger partial charge in [0.05, 0.1) is 11.3 Å². The van der Waals surface area contributed by atoms with E-state index in [4.69, 9.17) is 5.11 Å². The molecule has 0 aliphatic heterocycles. The lowest BCUT2D eigenvalue weighted by Crippen LogP contribution is -2.07. The lowest BCUT2D eigenvalue weighted by atomic mass is 10.0. The molecule has 0 spiro atoms. The average molecular weight is 193 g/mol. The number of nitrogens with zero attached hydrogens (tertiary/aromatic N) is 1. The minimum Gasteiger partial charge on any atom is -0.478 e. The van der Waals surface area contributed by atoms with Crippen molar-refractivity contribution in [2.24, 2.45) is 0 Å². The molecule has 0 aliphatic carbocycles. The molecule has 1 N–H and O–H groups in total. The molecule has 14 heavy (non-hydrogen) atoms. The Morgan fingerprint density at radius 3 is 2.64 bits per heavy atom. The largest absolute Gasteiger partial charge is 0.478 e. The summed E-state index contributed by atoms with van der Waals surface area (Å²) in [6.45, 7) is 5.87. The van der Waals surface area contributed by atoms with Gasteiger partial charge >= 0.3 is 5.97 Å². The van der Waals surface area contributed by atoms with Gasteiger partial charge in [-0.05, 0) is 24.0 Å². The van der Waals surface area contributed by atoms with Crippen LogP contribution < -0.4 is 0 Å². The van der Waals surface area contributed by atoms with Gasteiger partial charge in [0.1, 0.15) is 0 Å². The van der Waals surface area contributed by atoms with Gasteiger partial charge in [0.2, 0.25) is 0 Å². The summed E-state index contributed by atoms with van der Waals surface area (Å²) in [7, 11) is 0. The van der Waals surface area contributed by atoms with Crippen molar-refractivity contribution in [3.8, 4) is 0 Å². The number of carboxylic acids is 1. The molecule has 0 aromatic carbocycles. The molecule has 1 aromatic rings. The highest BCUT2D eigenvalue weighted by Crippen LogP contribution is 2.18. The average Bonchev–Trinajstić information content (AvgIpc) is 2.16. The molecule has 3 nitrogen and oxygen atoms in total. The number of aromatic nitrogens is 1. The van der Waals surface area contributed by atoms with Gasteiger partial charge in [0.15, 0.2) is 0 Å². The molecule has 0 radical (unpaired) electrons. The highest BCUT2D eigenvalue weighted by atomic mass is 16.4. The van der Waals surface area contributed by atoms with Crippen molar-refractivity contribution in [1.82, 2.24) is 4.98 Å². The van der Waals surface area contributed by atoms with E-state index in [9.17, 15) is 4.79 Å². The number of hydrogen-bond donors (Lipinski definition) is 1. The van der Waals surface area contributed by atoms with Gasteiger partial charge < -0.3 is 5.11 Å². The third kappa shape index (κ3) is 2.10. The van der Waals surface area contributed by atoms with Crippen molar-refractivity contribution >= 4 is 5.97 Å². The van der Waals surface area contributed by atoms with Gasteiger partial charge in [-0.25, -0.2) is 4.79 Å². The summed E-state index contributed by atoms with van der Waals surface area (Å²) in [6, 6.07) is 1.71. The Labute approximate surface area is 83.8 Å². The molecule has 0 aliphatic rings. The van der Waals surface area contributed by atoms with Crippen LogP contribution in [-0.4, -0.2) is 16.1 Å². The van der Waals surface area contributed by atoms with Crippen molar-refractivity contribution < 1.29 is 9.90 Å². The molecule has 0 saturated carbocycles. The van der Waals surface area contributed by atoms with Crippen molar-refractivity contribution in [3.05, 3.63) is 29.1 Å². The predicted octanol–water partition coefficient (Wildman–Crippen LogP) is 2.47. The van der Waals surface area contributed by atoms with E-state index in [0.29, 0.717) is 11.3 Å². The molecule has 0 saturated heterocycles.